The van der Waals surface area contributed by atoms with E-state index < -0.39 is 0 Å². The van der Waals surface area contributed by atoms with Crippen LogP contribution in [0.1, 0.15) is 0 Å². The van der Waals surface area contributed by atoms with Gasteiger partial charge in [0.25, 0.3) is 0 Å². The SMILES string of the molecule is COc1ncc(Br)cc1-c1cc(N)no1. The van der Waals surface area contributed by atoms with Crippen LogP contribution in [-0.2, 0) is 0 Å². The lowest BCUT2D eigenvalue weighted by Crippen LogP contribution is -1.90. The van der Waals surface area contributed by atoms with E-state index in [1.54, 1.807) is 19.4 Å². The molecule has 0 aliphatic rings. The van der Waals surface area contributed by atoms with Gasteiger partial charge in [0.15, 0.2) is 11.6 Å². The zero-order chi connectivity index (χ0) is 10.8. The molecule has 2 heterocycles. The van der Waals surface area contributed by atoms with Crippen molar-refractivity contribution in [2.75, 3.05) is 12.8 Å². The zero-order valence-corrected chi connectivity index (χ0v) is 9.48. The summed E-state index contributed by atoms with van der Waals surface area (Å²) < 4.78 is 11.0. The molecule has 0 fully saturated rings. The Morgan fingerprint density at radius 3 is 2.87 bits per heavy atom. The Balaban J connectivity index is 2.55. The molecule has 78 valence electrons. The molecule has 0 aliphatic carbocycles. The van der Waals surface area contributed by atoms with Crippen LogP contribution in [0.4, 0.5) is 5.82 Å². The molecule has 0 saturated carbocycles. The summed E-state index contributed by atoms with van der Waals surface area (Å²) >= 11 is 3.32. The highest BCUT2D eigenvalue weighted by Gasteiger charge is 2.12. The van der Waals surface area contributed by atoms with Gasteiger partial charge in [0, 0.05) is 16.7 Å². The van der Waals surface area contributed by atoms with E-state index in [1.165, 1.54) is 0 Å². The second kappa shape index (κ2) is 3.90. The number of nitrogens with two attached hydrogens (primary N) is 1. The first kappa shape index (κ1) is 9.97. The van der Waals surface area contributed by atoms with Crippen molar-refractivity contribution in [3.63, 3.8) is 0 Å². The lowest BCUT2D eigenvalue weighted by Gasteiger charge is -2.03. The van der Waals surface area contributed by atoms with Crippen molar-refractivity contribution < 1.29 is 9.26 Å². The van der Waals surface area contributed by atoms with Crippen molar-refractivity contribution >= 4 is 21.7 Å². The van der Waals surface area contributed by atoms with E-state index in [4.69, 9.17) is 15.0 Å². The fourth-order valence-corrected chi connectivity index (χ4v) is 1.51. The van der Waals surface area contributed by atoms with Crippen LogP contribution >= 0.6 is 15.9 Å². The van der Waals surface area contributed by atoms with Crippen molar-refractivity contribution in [1.29, 1.82) is 0 Å². The van der Waals surface area contributed by atoms with Crippen LogP contribution in [0, 0.1) is 0 Å². The van der Waals surface area contributed by atoms with Crippen LogP contribution < -0.4 is 10.5 Å². The number of hydrogen-bond donors (Lipinski definition) is 1. The number of hydrogen-bond acceptors (Lipinski definition) is 5. The van der Waals surface area contributed by atoms with Gasteiger partial charge in [0.2, 0.25) is 5.88 Å². The highest BCUT2D eigenvalue weighted by atomic mass is 79.9. The molecule has 6 heteroatoms. The highest BCUT2D eigenvalue weighted by Crippen LogP contribution is 2.31. The maximum atomic E-state index is 5.47. The van der Waals surface area contributed by atoms with Crippen LogP contribution in [0.25, 0.3) is 11.3 Å². The fraction of sp³-hybridized carbons (Fsp3) is 0.111. The third-order valence-electron chi connectivity index (χ3n) is 1.80. The third kappa shape index (κ3) is 1.94. The van der Waals surface area contributed by atoms with E-state index in [1.807, 2.05) is 6.07 Å². The summed E-state index contributed by atoms with van der Waals surface area (Å²) in [5.74, 6) is 1.32. The predicted molar refractivity (Wildman–Crippen MR) is 58.4 cm³/mol. The van der Waals surface area contributed by atoms with Crippen LogP contribution in [-0.4, -0.2) is 17.3 Å². The molecule has 0 unspecified atom stereocenters. The number of methoxy groups -OCH3 is 1. The minimum absolute atomic E-state index is 0.326. The van der Waals surface area contributed by atoms with E-state index in [2.05, 4.69) is 26.1 Å². The van der Waals surface area contributed by atoms with Crippen molar-refractivity contribution in [1.82, 2.24) is 10.1 Å². The van der Waals surface area contributed by atoms with E-state index >= 15 is 0 Å². The van der Waals surface area contributed by atoms with Crippen LogP contribution in [0.5, 0.6) is 5.88 Å². The summed E-state index contributed by atoms with van der Waals surface area (Å²) in [6.07, 6.45) is 1.64. The molecule has 0 saturated heterocycles. The van der Waals surface area contributed by atoms with Gasteiger partial charge in [-0.15, -0.1) is 0 Å². The summed E-state index contributed by atoms with van der Waals surface area (Å²) in [4.78, 5) is 4.08. The topological polar surface area (TPSA) is 74.2 Å². The molecule has 0 aromatic carbocycles. The van der Waals surface area contributed by atoms with Gasteiger partial charge in [-0.05, 0) is 22.0 Å². The molecular formula is C9H8BrN3O2. The Labute approximate surface area is 94.4 Å². The molecule has 0 spiro atoms. The van der Waals surface area contributed by atoms with Gasteiger partial charge >= 0.3 is 0 Å². The third-order valence-corrected chi connectivity index (χ3v) is 2.24. The Kier molecular flexibility index (Phi) is 2.59. The van der Waals surface area contributed by atoms with Crippen LogP contribution in [0.2, 0.25) is 0 Å². The monoisotopic (exact) mass is 269 g/mol. The van der Waals surface area contributed by atoms with Gasteiger partial charge in [-0.3, -0.25) is 0 Å². The van der Waals surface area contributed by atoms with Crippen molar-refractivity contribution in [2.24, 2.45) is 0 Å². The van der Waals surface area contributed by atoms with Crippen molar-refractivity contribution in [3.8, 4) is 17.2 Å². The van der Waals surface area contributed by atoms with Gasteiger partial charge in [-0.1, -0.05) is 5.16 Å². The number of halogens is 1. The summed E-state index contributed by atoms with van der Waals surface area (Å²) in [5.41, 5.74) is 6.17. The van der Waals surface area contributed by atoms with Gasteiger partial charge in [-0.2, -0.15) is 0 Å². The first-order valence-corrected chi connectivity index (χ1v) is 4.92. The van der Waals surface area contributed by atoms with Crippen LogP contribution in [0.3, 0.4) is 0 Å². The molecule has 5 nitrogen and oxygen atoms in total. The fourth-order valence-electron chi connectivity index (χ4n) is 1.18. The second-order valence-electron chi connectivity index (χ2n) is 2.83. The number of pyridine rings is 1. The normalized spacial score (nSPS) is 10.3. The Bertz CT molecular complexity index is 484. The molecule has 2 N–H and O–H groups in total. The first-order chi connectivity index (χ1) is 7.20. The number of rotatable bonds is 2. The van der Waals surface area contributed by atoms with Gasteiger partial charge in [-0.25, -0.2) is 4.98 Å². The first-order valence-electron chi connectivity index (χ1n) is 4.13. The molecule has 2 rings (SSSR count). The smallest absolute Gasteiger partial charge is 0.224 e. The molecule has 0 amide bonds. The quantitative estimate of drug-likeness (QED) is 0.904. The summed E-state index contributed by atoms with van der Waals surface area (Å²) in [6.45, 7) is 0. The number of nitrogen functional groups attached to an aromatic ring is 1. The number of aromatic nitrogens is 2. The average molecular weight is 270 g/mol. The van der Waals surface area contributed by atoms with Gasteiger partial charge < -0.3 is 15.0 Å². The van der Waals surface area contributed by atoms with E-state index in [-0.39, 0.29) is 0 Å². The summed E-state index contributed by atoms with van der Waals surface area (Å²) in [7, 11) is 1.54. The summed E-state index contributed by atoms with van der Waals surface area (Å²) in [5, 5.41) is 3.60. The standard InChI is InChI=1S/C9H8BrN3O2/c1-14-9-6(2-5(10)4-12-9)7-3-8(11)13-15-7/h2-4H,1H3,(H2,11,13). The molecule has 0 aliphatic heterocycles. The van der Waals surface area contributed by atoms with E-state index in [0.29, 0.717) is 23.0 Å². The lowest BCUT2D eigenvalue weighted by molar-refractivity contribution is 0.392. The van der Waals surface area contributed by atoms with Gasteiger partial charge in [0.1, 0.15) is 0 Å². The molecule has 15 heavy (non-hydrogen) atoms. The number of ether oxygens (including phenoxy) is 1. The molecule has 0 radical (unpaired) electrons. The molecule has 2 aromatic rings. The van der Waals surface area contributed by atoms with E-state index in [0.717, 1.165) is 4.47 Å². The van der Waals surface area contributed by atoms with E-state index in [9.17, 15) is 0 Å². The molecular weight excluding hydrogens is 262 g/mol. The number of nitrogens with zero attached hydrogens (tertiary/aromatic N) is 2. The average Bonchev–Trinajstić information content (AvgIpc) is 2.65. The zero-order valence-electron chi connectivity index (χ0n) is 7.90. The van der Waals surface area contributed by atoms with Crippen molar-refractivity contribution in [3.05, 3.63) is 22.8 Å². The minimum atomic E-state index is 0.326. The Morgan fingerprint density at radius 2 is 2.27 bits per heavy atom. The second-order valence-corrected chi connectivity index (χ2v) is 3.74. The largest absolute Gasteiger partial charge is 0.480 e. The van der Waals surface area contributed by atoms with Gasteiger partial charge in [0.05, 0.1) is 12.7 Å². The molecule has 0 atom stereocenters. The Morgan fingerprint density at radius 1 is 1.47 bits per heavy atom. The van der Waals surface area contributed by atoms with Crippen molar-refractivity contribution in [2.45, 2.75) is 0 Å². The Hall–Kier alpha value is -1.56. The maximum Gasteiger partial charge on any atom is 0.224 e. The highest BCUT2D eigenvalue weighted by molar-refractivity contribution is 9.10. The minimum Gasteiger partial charge on any atom is -0.480 e. The maximum absolute atomic E-state index is 5.47. The van der Waals surface area contributed by atoms with Crippen LogP contribution in [0.15, 0.2) is 27.3 Å². The lowest BCUT2D eigenvalue weighted by atomic mass is 10.2. The molecule has 2 aromatic heterocycles. The predicted octanol–water partition coefficient (Wildman–Crippen LogP) is 2.09. The number of anilines is 1. The summed E-state index contributed by atoms with van der Waals surface area (Å²) in [6, 6.07) is 3.44. The molecule has 0 bridgehead atoms.